The number of aryl methyl sites for hydroxylation is 1. The maximum atomic E-state index is 13.6. The highest BCUT2D eigenvalue weighted by atomic mass is 16.3. The fourth-order valence-electron chi connectivity index (χ4n) is 4.70. The fraction of sp³-hybridized carbons (Fsp3) is 0.500. The molecule has 1 aromatic carbocycles. The molecular weight excluding hydrogens is 526 g/mol. The summed E-state index contributed by atoms with van der Waals surface area (Å²) in [6.07, 6.45) is 2.42. The molecule has 0 radical (unpaired) electrons. The molecule has 3 rings (SSSR count). The third-order valence-electron chi connectivity index (χ3n) is 7.02. The molecular formula is C30H41N5O6. The number of nitrogens with zero attached hydrogens (tertiary/aromatic N) is 1. The largest absolute Gasteiger partial charge is 0.469 e. The van der Waals surface area contributed by atoms with Gasteiger partial charge in [0.2, 0.25) is 23.6 Å². The van der Waals surface area contributed by atoms with Crippen LogP contribution in [0.4, 0.5) is 0 Å². The number of hydrogen-bond donors (Lipinski definition) is 4. The lowest BCUT2D eigenvalue weighted by atomic mass is 10.0. The normalized spacial score (nSPS) is 23.1. The van der Waals surface area contributed by atoms with Gasteiger partial charge in [0.25, 0.3) is 5.91 Å². The number of benzene rings is 1. The van der Waals surface area contributed by atoms with Crippen LogP contribution in [0.5, 0.6) is 0 Å². The van der Waals surface area contributed by atoms with Gasteiger partial charge in [0.05, 0.1) is 18.4 Å². The SMILES string of the molecule is CC[C@H]1CN(C(=O)c2ccoc2C)CC(=O)N[C@H](C)C(=O)N[C@@H](CC(C)C)C(=O)N[C@@H](Cc2ccccc2)C(=O)N1. The molecule has 1 fully saturated rings. The van der Waals surface area contributed by atoms with Crippen LogP contribution < -0.4 is 21.3 Å². The molecule has 41 heavy (non-hydrogen) atoms. The predicted octanol–water partition coefficient (Wildman–Crippen LogP) is 1.70. The van der Waals surface area contributed by atoms with Crippen molar-refractivity contribution in [2.75, 3.05) is 13.1 Å². The van der Waals surface area contributed by atoms with Crippen molar-refractivity contribution >= 4 is 29.5 Å². The minimum atomic E-state index is -0.968. The van der Waals surface area contributed by atoms with Crippen molar-refractivity contribution in [2.24, 2.45) is 5.92 Å². The van der Waals surface area contributed by atoms with E-state index in [1.54, 1.807) is 6.92 Å². The van der Waals surface area contributed by atoms with Gasteiger partial charge in [0, 0.05) is 19.0 Å². The molecule has 1 aliphatic rings. The van der Waals surface area contributed by atoms with Crippen molar-refractivity contribution in [1.29, 1.82) is 0 Å². The molecule has 0 unspecified atom stereocenters. The Morgan fingerprint density at radius 2 is 1.61 bits per heavy atom. The zero-order chi connectivity index (χ0) is 30.1. The standard InChI is InChI=1S/C30H41N5O6/c1-6-22-16-35(30(40)23-12-13-41-20(23)5)17-26(36)31-19(4)27(37)33-24(14-18(2)3)29(39)34-25(28(38)32-22)15-21-10-8-7-9-11-21/h7-13,18-19,22,24-25H,6,14-17H2,1-5H3,(H,31,36)(H,32,38)(H,33,37)(H,34,39)/t19-,22+,24+,25+/m1/s1. The monoisotopic (exact) mass is 567 g/mol. The molecule has 0 spiro atoms. The molecule has 1 saturated heterocycles. The van der Waals surface area contributed by atoms with E-state index in [9.17, 15) is 24.0 Å². The number of carbonyl (C=O) groups is 5. The van der Waals surface area contributed by atoms with Gasteiger partial charge >= 0.3 is 0 Å². The highest BCUT2D eigenvalue weighted by Gasteiger charge is 2.32. The first-order valence-corrected chi connectivity index (χ1v) is 14.1. The van der Waals surface area contributed by atoms with Gasteiger partial charge < -0.3 is 30.6 Å². The molecule has 0 saturated carbocycles. The molecule has 1 aromatic heterocycles. The highest BCUT2D eigenvalue weighted by molar-refractivity contribution is 5.98. The van der Waals surface area contributed by atoms with Crippen molar-refractivity contribution in [1.82, 2.24) is 26.2 Å². The second kappa shape index (κ2) is 14.5. The van der Waals surface area contributed by atoms with Gasteiger partial charge in [-0.1, -0.05) is 51.1 Å². The number of carbonyl (C=O) groups excluding carboxylic acids is 5. The minimum Gasteiger partial charge on any atom is -0.469 e. The summed E-state index contributed by atoms with van der Waals surface area (Å²) in [6.45, 7) is 8.56. The summed E-state index contributed by atoms with van der Waals surface area (Å²) in [5.41, 5.74) is 1.15. The van der Waals surface area contributed by atoms with E-state index in [0.29, 0.717) is 24.2 Å². The highest BCUT2D eigenvalue weighted by Crippen LogP contribution is 2.14. The van der Waals surface area contributed by atoms with Crippen LogP contribution in [0.15, 0.2) is 47.1 Å². The molecule has 0 bridgehead atoms. The summed E-state index contributed by atoms with van der Waals surface area (Å²) in [6, 6.07) is 7.49. The van der Waals surface area contributed by atoms with Crippen molar-refractivity contribution in [2.45, 2.75) is 78.0 Å². The summed E-state index contributed by atoms with van der Waals surface area (Å²) >= 11 is 0. The van der Waals surface area contributed by atoms with Crippen LogP contribution in [-0.4, -0.2) is 71.7 Å². The average Bonchev–Trinajstić information content (AvgIpc) is 3.36. The number of nitrogens with one attached hydrogen (secondary N) is 4. The zero-order valence-corrected chi connectivity index (χ0v) is 24.4. The van der Waals surface area contributed by atoms with E-state index in [1.165, 1.54) is 24.2 Å². The van der Waals surface area contributed by atoms with E-state index in [-0.39, 0.29) is 25.4 Å². The van der Waals surface area contributed by atoms with Crippen molar-refractivity contribution < 1.29 is 28.4 Å². The number of amides is 5. The van der Waals surface area contributed by atoms with E-state index in [0.717, 1.165) is 5.56 Å². The lowest BCUT2D eigenvalue weighted by Crippen LogP contribution is -2.57. The van der Waals surface area contributed by atoms with Crippen LogP contribution in [0, 0.1) is 12.8 Å². The molecule has 4 atom stereocenters. The van der Waals surface area contributed by atoms with Crippen LogP contribution >= 0.6 is 0 Å². The maximum absolute atomic E-state index is 13.6. The van der Waals surface area contributed by atoms with Gasteiger partial charge in [-0.05, 0) is 44.2 Å². The number of furan rings is 1. The minimum absolute atomic E-state index is 0.0294. The van der Waals surface area contributed by atoms with E-state index >= 15 is 0 Å². The lowest BCUT2D eigenvalue weighted by molar-refractivity contribution is -0.133. The van der Waals surface area contributed by atoms with Crippen LogP contribution in [0.3, 0.4) is 0 Å². The van der Waals surface area contributed by atoms with Crippen LogP contribution in [0.2, 0.25) is 0 Å². The van der Waals surface area contributed by atoms with Gasteiger partial charge in [-0.25, -0.2) is 0 Å². The first kappa shape index (κ1) is 31.4. The average molecular weight is 568 g/mol. The predicted molar refractivity (Wildman–Crippen MR) is 153 cm³/mol. The van der Waals surface area contributed by atoms with Gasteiger partial charge in [0.15, 0.2) is 0 Å². The van der Waals surface area contributed by atoms with Crippen LogP contribution in [0.25, 0.3) is 0 Å². The summed E-state index contributed by atoms with van der Waals surface area (Å²) in [7, 11) is 0. The van der Waals surface area contributed by atoms with Gasteiger partial charge in [-0.2, -0.15) is 0 Å². The quantitative estimate of drug-likeness (QED) is 0.417. The Balaban J connectivity index is 1.98. The van der Waals surface area contributed by atoms with Crippen molar-refractivity contribution in [3.8, 4) is 0 Å². The Morgan fingerprint density at radius 1 is 0.951 bits per heavy atom. The molecule has 0 aliphatic carbocycles. The van der Waals surface area contributed by atoms with E-state index in [1.807, 2.05) is 51.1 Å². The molecule has 11 heteroatoms. The topological polar surface area (TPSA) is 150 Å². The Kier molecular flexibility index (Phi) is 11.1. The molecule has 11 nitrogen and oxygen atoms in total. The Bertz CT molecular complexity index is 1230. The first-order valence-electron chi connectivity index (χ1n) is 14.1. The first-order chi connectivity index (χ1) is 19.5. The van der Waals surface area contributed by atoms with E-state index in [2.05, 4.69) is 21.3 Å². The lowest BCUT2D eigenvalue weighted by Gasteiger charge is -2.29. The van der Waals surface area contributed by atoms with Crippen molar-refractivity contribution in [3.05, 3.63) is 59.5 Å². The second-order valence-electron chi connectivity index (χ2n) is 10.9. The summed E-state index contributed by atoms with van der Waals surface area (Å²) in [4.78, 5) is 67.9. The maximum Gasteiger partial charge on any atom is 0.257 e. The van der Waals surface area contributed by atoms with Crippen LogP contribution in [-0.2, 0) is 25.6 Å². The summed E-state index contributed by atoms with van der Waals surface area (Å²) in [5.74, 6) is -1.99. The molecule has 1 aliphatic heterocycles. The van der Waals surface area contributed by atoms with Crippen LogP contribution in [0.1, 0.15) is 62.2 Å². The third kappa shape index (κ3) is 8.92. The Morgan fingerprint density at radius 3 is 2.22 bits per heavy atom. The number of hydrogen-bond acceptors (Lipinski definition) is 6. The number of rotatable bonds is 6. The molecule has 222 valence electrons. The molecule has 2 aromatic rings. The van der Waals surface area contributed by atoms with E-state index < -0.39 is 53.7 Å². The van der Waals surface area contributed by atoms with Gasteiger partial charge in [0.1, 0.15) is 23.9 Å². The second-order valence-corrected chi connectivity index (χ2v) is 10.9. The summed E-state index contributed by atoms with van der Waals surface area (Å²) in [5, 5.41) is 11.2. The molecule has 4 N–H and O–H groups in total. The summed E-state index contributed by atoms with van der Waals surface area (Å²) < 4.78 is 5.29. The zero-order valence-electron chi connectivity index (χ0n) is 24.4. The third-order valence-corrected chi connectivity index (χ3v) is 7.02. The molecule has 5 amide bonds. The Hall–Kier alpha value is -4.15. The molecule has 2 heterocycles. The van der Waals surface area contributed by atoms with Crippen molar-refractivity contribution in [3.63, 3.8) is 0 Å². The fourth-order valence-corrected chi connectivity index (χ4v) is 4.70. The smallest absolute Gasteiger partial charge is 0.257 e. The van der Waals surface area contributed by atoms with Gasteiger partial charge in [-0.3, -0.25) is 24.0 Å². The van der Waals surface area contributed by atoms with E-state index in [4.69, 9.17) is 4.42 Å². The Labute approximate surface area is 240 Å². The van der Waals surface area contributed by atoms with Gasteiger partial charge in [-0.15, -0.1) is 0 Å².